The van der Waals surface area contributed by atoms with Crippen molar-refractivity contribution in [2.75, 3.05) is 11.4 Å². The Morgan fingerprint density at radius 2 is 1.73 bits per heavy atom. The molecule has 0 fully saturated rings. The van der Waals surface area contributed by atoms with Gasteiger partial charge in [0.2, 0.25) is 0 Å². The maximum atomic E-state index is 12.1. The summed E-state index contributed by atoms with van der Waals surface area (Å²) in [6.07, 6.45) is 13.0. The summed E-state index contributed by atoms with van der Waals surface area (Å²) >= 11 is 0. The van der Waals surface area contributed by atoms with E-state index in [1.54, 1.807) is 17.0 Å². The maximum Gasteiger partial charge on any atom is 0.299 e. The van der Waals surface area contributed by atoms with E-state index in [1.165, 1.54) is 0 Å². The van der Waals surface area contributed by atoms with E-state index < -0.39 is 11.7 Å². The van der Waals surface area contributed by atoms with Gasteiger partial charge in [0, 0.05) is 25.2 Å². The van der Waals surface area contributed by atoms with E-state index in [1.807, 2.05) is 35.2 Å². The molecule has 0 saturated heterocycles. The van der Waals surface area contributed by atoms with Gasteiger partial charge in [0.05, 0.1) is 16.9 Å². The number of nitrogens with zero attached hydrogens (tertiary/aromatic N) is 4. The van der Waals surface area contributed by atoms with Gasteiger partial charge >= 0.3 is 0 Å². The van der Waals surface area contributed by atoms with Crippen molar-refractivity contribution in [3.8, 4) is 0 Å². The Morgan fingerprint density at radius 1 is 0.962 bits per heavy atom. The number of benzene rings is 1. The summed E-state index contributed by atoms with van der Waals surface area (Å²) in [6, 6.07) is 7.19. The topological polar surface area (TPSA) is 68.1 Å². The molecule has 1 aromatic carbocycles. The molecule has 0 atom stereocenters. The van der Waals surface area contributed by atoms with Gasteiger partial charge in [-0.05, 0) is 31.4 Å². The molecule has 1 aromatic heterocycles. The zero-order valence-corrected chi connectivity index (χ0v) is 14.4. The van der Waals surface area contributed by atoms with Crippen LogP contribution >= 0.6 is 0 Å². The number of fused-ring (bicyclic) bond motifs is 1. The van der Waals surface area contributed by atoms with Crippen LogP contribution in [-0.2, 0) is 11.3 Å². The van der Waals surface area contributed by atoms with E-state index in [-0.39, 0.29) is 5.92 Å². The van der Waals surface area contributed by atoms with Crippen LogP contribution in [0.1, 0.15) is 41.2 Å². The third-order valence-electron chi connectivity index (χ3n) is 4.79. The molecule has 2 heterocycles. The largest absolute Gasteiger partial charge is 0.305 e. The number of hydrogen-bond donors (Lipinski definition) is 0. The normalized spacial score (nSPS) is 16.1. The highest BCUT2D eigenvalue weighted by Gasteiger charge is 2.34. The number of amides is 1. The van der Waals surface area contributed by atoms with E-state index in [2.05, 4.69) is 22.5 Å². The molecule has 2 aliphatic rings. The van der Waals surface area contributed by atoms with Crippen LogP contribution in [0.3, 0.4) is 0 Å². The average Bonchev–Trinajstić information content (AvgIpc) is 3.38. The van der Waals surface area contributed by atoms with Crippen molar-refractivity contribution < 1.29 is 9.59 Å². The number of para-hydroxylation sites is 1. The number of unbranched alkanes of at least 4 members (excludes halogenated alkanes) is 2. The first kappa shape index (κ1) is 16.4. The fourth-order valence-corrected chi connectivity index (χ4v) is 3.40. The van der Waals surface area contributed by atoms with Gasteiger partial charge in [-0.3, -0.25) is 14.3 Å². The number of aryl methyl sites for hydroxylation is 1. The highest BCUT2D eigenvalue weighted by atomic mass is 16.2. The van der Waals surface area contributed by atoms with E-state index >= 15 is 0 Å². The molecule has 132 valence electrons. The fraction of sp³-hybridized carbons (Fsp3) is 0.300. The van der Waals surface area contributed by atoms with Gasteiger partial charge in [0.15, 0.2) is 0 Å². The monoisotopic (exact) mass is 348 g/mol. The zero-order chi connectivity index (χ0) is 17.9. The average molecular weight is 348 g/mol. The number of anilines is 1. The lowest BCUT2D eigenvalue weighted by Gasteiger charge is -2.16. The van der Waals surface area contributed by atoms with Gasteiger partial charge in [-0.25, -0.2) is 0 Å². The number of carbonyl (C=O) groups excluding carboxylic acids is 2. The van der Waals surface area contributed by atoms with Crippen LogP contribution in [0.5, 0.6) is 0 Å². The van der Waals surface area contributed by atoms with Crippen molar-refractivity contribution in [1.29, 1.82) is 0 Å². The Morgan fingerprint density at radius 3 is 2.58 bits per heavy atom. The van der Waals surface area contributed by atoms with Crippen LogP contribution in [-0.4, -0.2) is 33.2 Å². The second-order valence-corrected chi connectivity index (χ2v) is 6.57. The third-order valence-corrected chi connectivity index (χ3v) is 4.79. The predicted octanol–water partition coefficient (Wildman–Crippen LogP) is 2.89. The second kappa shape index (κ2) is 7.07. The quantitative estimate of drug-likeness (QED) is 0.570. The van der Waals surface area contributed by atoms with E-state index in [0.717, 1.165) is 37.2 Å². The fourth-order valence-electron chi connectivity index (χ4n) is 3.40. The maximum absolute atomic E-state index is 12.1. The SMILES string of the molecule is O=C1C(=O)N(CCCCCn2cc(C3C=CC=C3)nn2)c2ccccc21. The van der Waals surface area contributed by atoms with Gasteiger partial charge in [-0.2, -0.15) is 0 Å². The summed E-state index contributed by atoms with van der Waals surface area (Å²) in [5.41, 5.74) is 2.22. The molecule has 6 heteroatoms. The molecule has 6 nitrogen and oxygen atoms in total. The minimum atomic E-state index is -0.412. The highest BCUT2D eigenvalue weighted by molar-refractivity contribution is 6.52. The first-order valence-corrected chi connectivity index (χ1v) is 8.94. The number of allylic oxidation sites excluding steroid dienone is 4. The first-order chi connectivity index (χ1) is 12.7. The molecule has 26 heavy (non-hydrogen) atoms. The van der Waals surface area contributed by atoms with Crippen molar-refractivity contribution >= 4 is 17.4 Å². The highest BCUT2D eigenvalue weighted by Crippen LogP contribution is 2.28. The van der Waals surface area contributed by atoms with Crippen LogP contribution in [0.2, 0.25) is 0 Å². The minimum absolute atomic E-state index is 0.238. The van der Waals surface area contributed by atoms with Crippen LogP contribution in [0.15, 0.2) is 54.8 Å². The van der Waals surface area contributed by atoms with Gasteiger partial charge in [0.25, 0.3) is 11.7 Å². The number of Topliss-reactive ketones (excluding diaryl/α,β-unsaturated/α-hetero) is 1. The van der Waals surface area contributed by atoms with Gasteiger partial charge in [-0.15, -0.1) is 5.10 Å². The molecule has 4 rings (SSSR count). The van der Waals surface area contributed by atoms with Crippen LogP contribution < -0.4 is 4.90 Å². The van der Waals surface area contributed by atoms with E-state index in [4.69, 9.17) is 0 Å². The molecular formula is C20H20N4O2. The molecule has 0 radical (unpaired) electrons. The molecule has 0 bridgehead atoms. The Balaban J connectivity index is 1.25. The van der Waals surface area contributed by atoms with E-state index in [9.17, 15) is 9.59 Å². The lowest BCUT2D eigenvalue weighted by atomic mass is 10.1. The lowest BCUT2D eigenvalue weighted by Crippen LogP contribution is -2.30. The molecule has 2 aromatic rings. The van der Waals surface area contributed by atoms with Crippen LogP contribution in [0.25, 0.3) is 0 Å². The molecule has 0 unspecified atom stereocenters. The smallest absolute Gasteiger partial charge is 0.299 e. The molecule has 0 N–H and O–H groups in total. The number of aromatic nitrogens is 3. The van der Waals surface area contributed by atoms with Gasteiger partial charge < -0.3 is 4.90 Å². The minimum Gasteiger partial charge on any atom is -0.305 e. The van der Waals surface area contributed by atoms with Crippen LogP contribution in [0, 0.1) is 0 Å². The Labute approximate surface area is 151 Å². The predicted molar refractivity (Wildman–Crippen MR) is 98.0 cm³/mol. The molecular weight excluding hydrogens is 328 g/mol. The first-order valence-electron chi connectivity index (χ1n) is 8.94. The zero-order valence-electron chi connectivity index (χ0n) is 14.4. The van der Waals surface area contributed by atoms with Crippen molar-refractivity contribution in [2.24, 2.45) is 0 Å². The molecule has 1 aliphatic heterocycles. The van der Waals surface area contributed by atoms with Crippen molar-refractivity contribution in [2.45, 2.75) is 31.7 Å². The third kappa shape index (κ3) is 3.10. The molecule has 0 spiro atoms. The van der Waals surface area contributed by atoms with Crippen LogP contribution in [0.4, 0.5) is 5.69 Å². The Kier molecular flexibility index (Phi) is 4.48. The molecule has 0 saturated carbocycles. The Bertz CT molecular complexity index is 885. The lowest BCUT2D eigenvalue weighted by molar-refractivity contribution is -0.114. The van der Waals surface area contributed by atoms with Crippen molar-refractivity contribution in [1.82, 2.24) is 15.0 Å². The summed E-state index contributed by atoms with van der Waals surface area (Å²) < 4.78 is 1.87. The summed E-state index contributed by atoms with van der Waals surface area (Å²) in [5.74, 6) is -0.571. The second-order valence-electron chi connectivity index (χ2n) is 6.57. The van der Waals surface area contributed by atoms with Crippen molar-refractivity contribution in [3.63, 3.8) is 0 Å². The van der Waals surface area contributed by atoms with Gasteiger partial charge in [0.1, 0.15) is 0 Å². The summed E-state index contributed by atoms with van der Waals surface area (Å²) in [6.45, 7) is 1.37. The summed E-state index contributed by atoms with van der Waals surface area (Å²) in [4.78, 5) is 25.7. The summed E-state index contributed by atoms with van der Waals surface area (Å²) in [5, 5.41) is 8.40. The molecule has 1 aliphatic carbocycles. The summed E-state index contributed by atoms with van der Waals surface area (Å²) in [7, 11) is 0. The standard InChI is InChI=1S/C20H20N4O2/c25-19-16-10-4-5-11-18(16)24(20(19)26)13-7-1-6-12-23-14-17(21-22-23)15-8-2-3-9-15/h2-5,8-11,14-15H,1,6-7,12-13H2. The number of carbonyl (C=O) groups is 2. The Hall–Kier alpha value is -3.02. The van der Waals surface area contributed by atoms with E-state index in [0.29, 0.717) is 12.1 Å². The van der Waals surface area contributed by atoms with Gasteiger partial charge in [-0.1, -0.05) is 41.7 Å². The number of rotatable bonds is 7. The number of hydrogen-bond acceptors (Lipinski definition) is 4. The molecule has 1 amide bonds. The van der Waals surface area contributed by atoms with Crippen molar-refractivity contribution in [3.05, 3.63) is 66.0 Å². The number of ketones is 1.